The second-order valence-corrected chi connectivity index (χ2v) is 7.65. The molecule has 0 aromatic rings. The Kier molecular flexibility index (Phi) is 5.23. The summed E-state index contributed by atoms with van der Waals surface area (Å²) < 4.78 is 0. The molecule has 3 atom stereocenters. The van der Waals surface area contributed by atoms with E-state index in [0.717, 1.165) is 24.8 Å². The van der Waals surface area contributed by atoms with E-state index in [2.05, 4.69) is 32.9 Å². The number of ketones is 1. The molecule has 4 heteroatoms. The Morgan fingerprint density at radius 3 is 2.61 bits per heavy atom. The molecular formula is C19H27NO3. The minimum atomic E-state index is -0.560. The lowest BCUT2D eigenvalue weighted by Crippen LogP contribution is -2.31. The fourth-order valence-electron chi connectivity index (χ4n) is 4.08. The Bertz CT molecular complexity index is 583. The molecule has 0 bridgehead atoms. The van der Waals surface area contributed by atoms with E-state index in [0.29, 0.717) is 18.3 Å². The Morgan fingerprint density at radius 1 is 1.30 bits per heavy atom. The zero-order chi connectivity index (χ0) is 17.2. The van der Waals surface area contributed by atoms with E-state index in [1.807, 2.05) is 6.92 Å². The van der Waals surface area contributed by atoms with Crippen molar-refractivity contribution in [2.45, 2.75) is 53.4 Å². The number of hydrogen-bond acceptors (Lipinski definition) is 3. The van der Waals surface area contributed by atoms with Gasteiger partial charge in [0.05, 0.1) is 4.92 Å². The fourth-order valence-corrected chi connectivity index (χ4v) is 4.08. The van der Waals surface area contributed by atoms with Gasteiger partial charge in [-0.15, -0.1) is 0 Å². The molecular weight excluding hydrogens is 290 g/mol. The topological polar surface area (TPSA) is 60.2 Å². The molecule has 4 nitrogen and oxygen atoms in total. The fraction of sp³-hybridized carbons (Fsp3) is 0.632. The van der Waals surface area contributed by atoms with Gasteiger partial charge in [-0.25, -0.2) is 0 Å². The van der Waals surface area contributed by atoms with Crippen molar-refractivity contribution in [3.63, 3.8) is 0 Å². The third-order valence-corrected chi connectivity index (χ3v) is 5.55. The second-order valence-electron chi connectivity index (χ2n) is 7.65. The van der Waals surface area contributed by atoms with Gasteiger partial charge < -0.3 is 0 Å². The summed E-state index contributed by atoms with van der Waals surface area (Å²) in [6.07, 6.45) is 11.4. The van der Waals surface area contributed by atoms with Crippen LogP contribution in [0.4, 0.5) is 0 Å². The lowest BCUT2D eigenvalue weighted by Gasteiger charge is -2.40. The van der Waals surface area contributed by atoms with Crippen LogP contribution >= 0.6 is 0 Å². The van der Waals surface area contributed by atoms with Crippen molar-refractivity contribution in [3.05, 3.63) is 45.7 Å². The van der Waals surface area contributed by atoms with Crippen LogP contribution in [0, 0.1) is 33.3 Å². The Balaban J connectivity index is 1.97. The van der Waals surface area contributed by atoms with Crippen molar-refractivity contribution in [2.24, 2.45) is 23.2 Å². The summed E-state index contributed by atoms with van der Waals surface area (Å²) >= 11 is 0. The van der Waals surface area contributed by atoms with E-state index in [1.54, 1.807) is 6.08 Å². The predicted octanol–water partition coefficient (Wildman–Crippen LogP) is 4.70. The first-order valence-corrected chi connectivity index (χ1v) is 8.48. The van der Waals surface area contributed by atoms with Crippen molar-refractivity contribution in [2.75, 3.05) is 0 Å². The van der Waals surface area contributed by atoms with E-state index in [9.17, 15) is 14.9 Å². The quantitative estimate of drug-likeness (QED) is 0.419. The summed E-state index contributed by atoms with van der Waals surface area (Å²) in [4.78, 5) is 22.7. The van der Waals surface area contributed by atoms with Crippen LogP contribution < -0.4 is 0 Å². The standard InChI is InChI=1S/C19H27NO3/c1-13-10-11-17(20(22)23)18(21)15(13)8-5-9-16-14(2)7-6-12-19(16,3)4/h6-7,10-11,14-16H,5,8-9,12H2,1-4H3. The molecule has 0 saturated heterocycles. The van der Waals surface area contributed by atoms with Gasteiger partial charge in [-0.1, -0.05) is 51.0 Å². The number of carbonyl (C=O) groups excluding carboxylic acids is 1. The van der Waals surface area contributed by atoms with Gasteiger partial charge >= 0.3 is 5.70 Å². The molecule has 2 aliphatic carbocycles. The zero-order valence-electron chi connectivity index (χ0n) is 14.5. The Labute approximate surface area is 138 Å². The first-order valence-electron chi connectivity index (χ1n) is 8.48. The third kappa shape index (κ3) is 3.80. The van der Waals surface area contributed by atoms with Crippen LogP contribution in [0.2, 0.25) is 0 Å². The van der Waals surface area contributed by atoms with Crippen molar-refractivity contribution in [3.8, 4) is 0 Å². The van der Waals surface area contributed by atoms with Crippen LogP contribution in [0.1, 0.15) is 53.4 Å². The zero-order valence-corrected chi connectivity index (χ0v) is 14.5. The lowest BCUT2D eigenvalue weighted by molar-refractivity contribution is -0.419. The maximum atomic E-state index is 12.3. The molecule has 0 aromatic carbocycles. The number of carbonyl (C=O) groups is 1. The minimum Gasteiger partial charge on any atom is -0.286 e. The number of rotatable bonds is 5. The Morgan fingerprint density at radius 2 is 2.00 bits per heavy atom. The SMILES string of the molecule is CC1=CC=C([N+](=O)[O-])C(=O)C1CCCC1C(C)C=CCC1(C)C. The molecule has 3 unspecified atom stereocenters. The molecule has 0 N–H and O–H groups in total. The van der Waals surface area contributed by atoms with Crippen molar-refractivity contribution in [1.29, 1.82) is 0 Å². The van der Waals surface area contributed by atoms with E-state index in [-0.39, 0.29) is 22.8 Å². The second kappa shape index (κ2) is 6.81. The van der Waals surface area contributed by atoms with Crippen molar-refractivity contribution >= 4 is 5.78 Å². The van der Waals surface area contributed by atoms with Gasteiger partial charge in [0.25, 0.3) is 0 Å². The van der Waals surface area contributed by atoms with Gasteiger partial charge in [0.15, 0.2) is 0 Å². The molecule has 2 aliphatic rings. The molecule has 0 fully saturated rings. The molecule has 0 amide bonds. The largest absolute Gasteiger partial charge is 0.312 e. The van der Waals surface area contributed by atoms with Crippen LogP contribution in [0.15, 0.2) is 35.6 Å². The molecule has 0 aromatic heterocycles. The van der Waals surface area contributed by atoms with Gasteiger partial charge in [0.2, 0.25) is 5.78 Å². The maximum Gasteiger partial charge on any atom is 0.312 e. The van der Waals surface area contributed by atoms with E-state index < -0.39 is 4.92 Å². The highest BCUT2D eigenvalue weighted by Crippen LogP contribution is 2.43. The van der Waals surface area contributed by atoms with Crippen LogP contribution in [0.25, 0.3) is 0 Å². The molecule has 0 radical (unpaired) electrons. The van der Waals surface area contributed by atoms with Gasteiger partial charge in [-0.2, -0.15) is 0 Å². The molecule has 0 spiro atoms. The number of hydrogen-bond donors (Lipinski definition) is 0. The van der Waals surface area contributed by atoms with Crippen LogP contribution in [0.3, 0.4) is 0 Å². The molecule has 126 valence electrons. The maximum absolute atomic E-state index is 12.3. The monoisotopic (exact) mass is 317 g/mol. The van der Waals surface area contributed by atoms with Crippen molar-refractivity contribution in [1.82, 2.24) is 0 Å². The van der Waals surface area contributed by atoms with Gasteiger partial charge in [-0.05, 0) is 43.4 Å². The third-order valence-electron chi connectivity index (χ3n) is 5.55. The van der Waals surface area contributed by atoms with E-state index in [1.165, 1.54) is 6.08 Å². The van der Waals surface area contributed by atoms with E-state index in [4.69, 9.17) is 0 Å². The number of Topliss-reactive ketones (excluding diaryl/α,β-unsaturated/α-hetero) is 1. The minimum absolute atomic E-state index is 0.269. The smallest absolute Gasteiger partial charge is 0.286 e. The Hall–Kier alpha value is -1.71. The first-order chi connectivity index (χ1) is 10.7. The predicted molar refractivity (Wildman–Crippen MR) is 91.4 cm³/mol. The van der Waals surface area contributed by atoms with Gasteiger partial charge in [0, 0.05) is 12.0 Å². The van der Waals surface area contributed by atoms with Crippen LogP contribution in [0.5, 0.6) is 0 Å². The molecule has 0 saturated carbocycles. The highest BCUT2D eigenvalue weighted by Gasteiger charge is 2.36. The van der Waals surface area contributed by atoms with Crippen LogP contribution in [-0.4, -0.2) is 10.7 Å². The number of nitro groups is 1. The number of nitrogens with zero attached hydrogens (tertiary/aromatic N) is 1. The summed E-state index contributed by atoms with van der Waals surface area (Å²) in [5, 5.41) is 10.9. The average molecular weight is 317 g/mol. The van der Waals surface area contributed by atoms with E-state index >= 15 is 0 Å². The summed E-state index contributed by atoms with van der Waals surface area (Å²) in [7, 11) is 0. The normalized spacial score (nSPS) is 29.9. The highest BCUT2D eigenvalue weighted by molar-refractivity contribution is 5.98. The summed E-state index contributed by atoms with van der Waals surface area (Å²) in [6, 6.07) is 0. The number of allylic oxidation sites excluding steroid dienone is 6. The highest BCUT2D eigenvalue weighted by atomic mass is 16.6. The first kappa shape index (κ1) is 17.6. The van der Waals surface area contributed by atoms with Gasteiger partial charge in [0.1, 0.15) is 0 Å². The molecule has 0 heterocycles. The average Bonchev–Trinajstić information content (AvgIpc) is 2.44. The van der Waals surface area contributed by atoms with Crippen molar-refractivity contribution < 1.29 is 9.72 Å². The lowest BCUT2D eigenvalue weighted by atomic mass is 9.65. The molecule has 23 heavy (non-hydrogen) atoms. The summed E-state index contributed by atoms with van der Waals surface area (Å²) in [5.74, 6) is 0.497. The van der Waals surface area contributed by atoms with Crippen LogP contribution in [-0.2, 0) is 4.79 Å². The molecule has 2 rings (SSSR count). The summed E-state index contributed by atoms with van der Waals surface area (Å²) in [6.45, 7) is 8.77. The van der Waals surface area contributed by atoms with Gasteiger partial charge in [-0.3, -0.25) is 14.9 Å². The summed E-state index contributed by atoms with van der Waals surface area (Å²) in [5.41, 5.74) is 0.952. The molecule has 0 aliphatic heterocycles.